The number of imide groups is 1. The molecule has 0 saturated carbocycles. The second-order valence-corrected chi connectivity index (χ2v) is 6.67. The first kappa shape index (κ1) is 18.8. The Morgan fingerprint density at radius 2 is 1.78 bits per heavy atom. The highest BCUT2D eigenvalue weighted by Gasteiger charge is 2.68. The number of aromatic hydroxyl groups is 1. The van der Waals surface area contributed by atoms with E-state index in [1.165, 1.54) is 26.3 Å². The normalized spacial score (nSPS) is 29.6. The van der Waals surface area contributed by atoms with Crippen LogP contribution in [0.25, 0.3) is 0 Å². The Balaban J connectivity index is 2.15. The Morgan fingerprint density at radius 3 is 2.33 bits per heavy atom. The number of benzene rings is 1. The first-order valence-corrected chi connectivity index (χ1v) is 8.30. The second kappa shape index (κ2) is 6.66. The Kier molecular flexibility index (Phi) is 4.64. The maximum Gasteiger partial charge on any atom is 0.327 e. The molecule has 0 bridgehead atoms. The van der Waals surface area contributed by atoms with Crippen molar-refractivity contribution in [2.45, 2.75) is 18.0 Å². The van der Waals surface area contributed by atoms with Gasteiger partial charge in [0.2, 0.25) is 11.8 Å². The minimum atomic E-state index is -1.73. The quantitative estimate of drug-likeness (QED) is 0.545. The second-order valence-electron chi connectivity index (χ2n) is 6.67. The third kappa shape index (κ3) is 2.74. The van der Waals surface area contributed by atoms with Crippen molar-refractivity contribution in [3.05, 3.63) is 29.8 Å². The monoisotopic (exact) mass is 376 g/mol. The fourth-order valence-corrected chi connectivity index (χ4v) is 4.02. The van der Waals surface area contributed by atoms with Crippen molar-refractivity contribution in [2.24, 2.45) is 11.8 Å². The van der Waals surface area contributed by atoms with E-state index in [0.29, 0.717) is 5.56 Å². The van der Waals surface area contributed by atoms with Gasteiger partial charge in [0.15, 0.2) is 0 Å². The number of likely N-dealkylation sites (tertiary alicyclic amines) is 1. The minimum absolute atomic E-state index is 0.0352. The summed E-state index contributed by atoms with van der Waals surface area (Å²) < 4.78 is 9.58. The van der Waals surface area contributed by atoms with Gasteiger partial charge < -0.3 is 14.6 Å². The maximum absolute atomic E-state index is 12.8. The first-order valence-electron chi connectivity index (χ1n) is 8.30. The number of phenolic OH excluding ortho intramolecular Hbond substituents is 1. The van der Waals surface area contributed by atoms with E-state index in [1.807, 2.05) is 0 Å². The zero-order chi connectivity index (χ0) is 19.9. The van der Waals surface area contributed by atoms with Crippen molar-refractivity contribution in [1.82, 2.24) is 10.2 Å². The summed E-state index contributed by atoms with van der Waals surface area (Å²) in [6.45, 7) is 0. The van der Waals surface area contributed by atoms with Crippen LogP contribution in [0.3, 0.4) is 0 Å². The van der Waals surface area contributed by atoms with Gasteiger partial charge in [0.05, 0.1) is 32.5 Å². The van der Waals surface area contributed by atoms with E-state index in [-0.39, 0.29) is 5.75 Å². The first-order chi connectivity index (χ1) is 12.8. The van der Waals surface area contributed by atoms with Gasteiger partial charge in [0.1, 0.15) is 11.3 Å². The van der Waals surface area contributed by atoms with Crippen LogP contribution in [-0.2, 0) is 28.7 Å². The Morgan fingerprint density at radius 1 is 1.15 bits per heavy atom. The number of amides is 2. The van der Waals surface area contributed by atoms with Crippen molar-refractivity contribution in [3.8, 4) is 5.75 Å². The number of carbonyl (C=O) groups excluding carboxylic acids is 4. The molecule has 0 unspecified atom stereocenters. The van der Waals surface area contributed by atoms with Crippen molar-refractivity contribution >= 4 is 23.8 Å². The van der Waals surface area contributed by atoms with Crippen LogP contribution in [0.1, 0.15) is 18.0 Å². The van der Waals surface area contributed by atoms with Gasteiger partial charge in [-0.1, -0.05) is 12.1 Å². The lowest BCUT2D eigenvalue weighted by atomic mass is 9.77. The molecule has 9 heteroatoms. The Labute approximate surface area is 155 Å². The van der Waals surface area contributed by atoms with Crippen molar-refractivity contribution in [3.63, 3.8) is 0 Å². The number of phenols is 1. The number of ether oxygens (including phenoxy) is 2. The minimum Gasteiger partial charge on any atom is -0.508 e. The third-order valence-electron chi connectivity index (χ3n) is 5.33. The van der Waals surface area contributed by atoms with Crippen LogP contribution in [0.2, 0.25) is 0 Å². The summed E-state index contributed by atoms with van der Waals surface area (Å²) in [6.07, 6.45) is -0.460. The van der Waals surface area contributed by atoms with E-state index in [0.717, 1.165) is 12.0 Å². The SMILES string of the molecule is COC(=O)C[C@]1(C(=O)OC)N[C@@H](c2ccc(O)cc2)[C@H]2C(=O)N(C)C(=O)[C@H]21. The number of nitrogens with one attached hydrogen (secondary N) is 1. The summed E-state index contributed by atoms with van der Waals surface area (Å²) >= 11 is 0. The van der Waals surface area contributed by atoms with Crippen molar-refractivity contribution in [2.75, 3.05) is 21.3 Å². The zero-order valence-electron chi connectivity index (χ0n) is 15.1. The van der Waals surface area contributed by atoms with E-state index >= 15 is 0 Å². The summed E-state index contributed by atoms with van der Waals surface area (Å²) in [4.78, 5) is 51.3. The standard InChI is InChI=1S/C18H20N2O7/c1-20-15(23)12-13(16(20)24)18(17(25)27-3,8-11(22)26-2)19-14(12)9-4-6-10(21)7-5-9/h4-7,12-14,19,21H,8H2,1-3H3/t12-,13-,14-,18-/m0/s1. The molecule has 1 aromatic carbocycles. The van der Waals surface area contributed by atoms with Crippen LogP contribution in [0, 0.1) is 11.8 Å². The molecule has 2 heterocycles. The number of nitrogens with zero attached hydrogens (tertiary/aromatic N) is 1. The van der Waals surface area contributed by atoms with Gasteiger partial charge in [-0.05, 0) is 17.7 Å². The number of carbonyl (C=O) groups is 4. The maximum atomic E-state index is 12.8. The number of hydrogen-bond donors (Lipinski definition) is 2. The molecule has 9 nitrogen and oxygen atoms in total. The van der Waals surface area contributed by atoms with E-state index in [2.05, 4.69) is 5.32 Å². The highest BCUT2D eigenvalue weighted by atomic mass is 16.5. The van der Waals surface area contributed by atoms with E-state index in [1.54, 1.807) is 12.1 Å². The summed E-state index contributed by atoms with van der Waals surface area (Å²) in [7, 11) is 3.67. The lowest BCUT2D eigenvalue weighted by Crippen LogP contribution is -2.57. The molecule has 0 aromatic heterocycles. The van der Waals surface area contributed by atoms with Crippen LogP contribution < -0.4 is 5.32 Å². The molecule has 2 amide bonds. The van der Waals surface area contributed by atoms with Gasteiger partial charge in [-0.25, -0.2) is 0 Å². The summed E-state index contributed by atoms with van der Waals surface area (Å²) in [5.41, 5.74) is -1.14. The largest absolute Gasteiger partial charge is 0.508 e. The Bertz CT molecular complexity index is 806. The predicted octanol–water partition coefficient (Wildman–Crippen LogP) is -0.258. The van der Waals surface area contributed by atoms with Gasteiger partial charge >= 0.3 is 11.9 Å². The lowest BCUT2D eigenvalue weighted by molar-refractivity contribution is -0.159. The number of fused-ring (bicyclic) bond motifs is 1. The topological polar surface area (TPSA) is 122 Å². The summed E-state index contributed by atoms with van der Waals surface area (Å²) in [5, 5.41) is 12.5. The van der Waals surface area contributed by atoms with E-state index < -0.39 is 53.6 Å². The number of hydrogen-bond acceptors (Lipinski definition) is 8. The third-order valence-corrected chi connectivity index (χ3v) is 5.33. The van der Waals surface area contributed by atoms with Gasteiger partial charge in [-0.15, -0.1) is 0 Å². The van der Waals surface area contributed by atoms with E-state index in [9.17, 15) is 24.3 Å². The fourth-order valence-electron chi connectivity index (χ4n) is 4.02. The zero-order valence-corrected chi connectivity index (χ0v) is 15.1. The van der Waals surface area contributed by atoms with E-state index in [4.69, 9.17) is 9.47 Å². The summed E-state index contributed by atoms with van der Waals surface area (Å²) in [5.74, 6) is -4.52. The number of esters is 2. The molecule has 0 spiro atoms. The molecule has 0 aliphatic carbocycles. The molecule has 2 saturated heterocycles. The predicted molar refractivity (Wildman–Crippen MR) is 90.1 cm³/mol. The molecular formula is C18H20N2O7. The van der Waals surface area contributed by atoms with Crippen LogP contribution in [0.15, 0.2) is 24.3 Å². The van der Waals surface area contributed by atoms with Crippen LogP contribution in [0.5, 0.6) is 5.75 Å². The smallest absolute Gasteiger partial charge is 0.327 e. The molecule has 3 rings (SSSR count). The van der Waals surface area contributed by atoms with Crippen molar-refractivity contribution in [1.29, 1.82) is 0 Å². The molecule has 2 aliphatic rings. The van der Waals surface area contributed by atoms with Gasteiger partial charge in [-0.2, -0.15) is 0 Å². The molecule has 2 fully saturated rings. The average Bonchev–Trinajstić information content (AvgIpc) is 3.12. The van der Waals surface area contributed by atoms with Crippen LogP contribution in [0.4, 0.5) is 0 Å². The van der Waals surface area contributed by atoms with Crippen molar-refractivity contribution < 1.29 is 33.8 Å². The fraction of sp³-hybridized carbons (Fsp3) is 0.444. The van der Waals surface area contributed by atoms with Gasteiger partial charge in [0, 0.05) is 13.1 Å². The summed E-state index contributed by atoms with van der Waals surface area (Å²) in [6, 6.07) is 5.34. The molecule has 0 radical (unpaired) electrons. The molecular weight excluding hydrogens is 356 g/mol. The molecule has 4 atom stereocenters. The number of methoxy groups -OCH3 is 2. The van der Waals surface area contributed by atoms with Crippen LogP contribution >= 0.6 is 0 Å². The average molecular weight is 376 g/mol. The highest BCUT2D eigenvalue weighted by Crippen LogP contribution is 2.50. The highest BCUT2D eigenvalue weighted by molar-refractivity contribution is 6.10. The molecule has 144 valence electrons. The lowest BCUT2D eigenvalue weighted by Gasteiger charge is -2.31. The van der Waals surface area contributed by atoms with Crippen LogP contribution in [-0.4, -0.2) is 60.6 Å². The Hall–Kier alpha value is -2.94. The number of rotatable bonds is 4. The van der Waals surface area contributed by atoms with Gasteiger partial charge in [0.25, 0.3) is 0 Å². The molecule has 2 N–H and O–H groups in total. The molecule has 27 heavy (non-hydrogen) atoms. The van der Waals surface area contributed by atoms with Gasteiger partial charge in [-0.3, -0.25) is 29.4 Å². The molecule has 2 aliphatic heterocycles. The molecule has 1 aromatic rings.